The third kappa shape index (κ3) is 3.28. The molecule has 1 saturated heterocycles. The zero-order chi connectivity index (χ0) is 13.0. The number of ether oxygens (including phenoxy) is 2. The van der Waals surface area contributed by atoms with Crippen LogP contribution >= 0.6 is 0 Å². The monoisotopic (exact) mass is 255 g/mol. The van der Waals surface area contributed by atoms with Crippen molar-refractivity contribution in [2.24, 2.45) is 5.73 Å². The van der Waals surface area contributed by atoms with Crippen LogP contribution in [0.2, 0.25) is 0 Å². The molecule has 0 saturated carbocycles. The average molecular weight is 255 g/mol. The molecule has 1 aromatic rings. The average Bonchev–Trinajstić information content (AvgIpc) is 2.98. The fraction of sp³-hybridized carbons (Fsp3) is 0.833. The lowest BCUT2D eigenvalue weighted by Gasteiger charge is -2.19. The van der Waals surface area contributed by atoms with E-state index in [1.807, 2.05) is 13.8 Å². The molecule has 0 spiro atoms. The molecule has 2 heterocycles. The number of nitrogens with two attached hydrogens (primary N) is 1. The molecule has 1 aliphatic rings. The second-order valence-electron chi connectivity index (χ2n) is 4.91. The van der Waals surface area contributed by atoms with Gasteiger partial charge in [-0.3, -0.25) is 0 Å². The van der Waals surface area contributed by atoms with Gasteiger partial charge in [-0.15, -0.1) is 0 Å². The standard InChI is InChI=1S/C12H21N3O3/c1-3-16-8-12(2,13)11-14-10(18-15-11)7-9-5-4-6-17-9/h9H,3-8,13H2,1-2H3. The molecule has 18 heavy (non-hydrogen) atoms. The van der Waals surface area contributed by atoms with E-state index >= 15 is 0 Å². The van der Waals surface area contributed by atoms with Crippen molar-refractivity contribution in [3.63, 3.8) is 0 Å². The predicted octanol–water partition coefficient (Wildman–Crippen LogP) is 1.00. The summed E-state index contributed by atoms with van der Waals surface area (Å²) in [4.78, 5) is 4.34. The molecule has 2 unspecified atom stereocenters. The van der Waals surface area contributed by atoms with Gasteiger partial charge in [-0.2, -0.15) is 4.98 Å². The Balaban J connectivity index is 1.95. The molecule has 102 valence electrons. The minimum Gasteiger partial charge on any atom is -0.379 e. The van der Waals surface area contributed by atoms with Gasteiger partial charge in [-0.05, 0) is 26.7 Å². The topological polar surface area (TPSA) is 83.4 Å². The van der Waals surface area contributed by atoms with Gasteiger partial charge in [0.05, 0.1) is 19.1 Å². The van der Waals surface area contributed by atoms with Gasteiger partial charge in [0.2, 0.25) is 5.89 Å². The van der Waals surface area contributed by atoms with Crippen LogP contribution < -0.4 is 5.73 Å². The summed E-state index contributed by atoms with van der Waals surface area (Å²) in [5.41, 5.74) is 5.39. The first-order valence-electron chi connectivity index (χ1n) is 6.43. The molecule has 0 aromatic carbocycles. The van der Waals surface area contributed by atoms with E-state index in [4.69, 9.17) is 19.7 Å². The van der Waals surface area contributed by atoms with Crippen LogP contribution in [0, 0.1) is 0 Å². The predicted molar refractivity (Wildman–Crippen MR) is 65.0 cm³/mol. The molecule has 0 aliphatic carbocycles. The summed E-state index contributed by atoms with van der Waals surface area (Å²) in [7, 11) is 0. The fourth-order valence-corrected chi connectivity index (χ4v) is 1.95. The van der Waals surface area contributed by atoms with Crippen LogP contribution in [0.25, 0.3) is 0 Å². The van der Waals surface area contributed by atoms with Gasteiger partial charge >= 0.3 is 0 Å². The highest BCUT2D eigenvalue weighted by atomic mass is 16.5. The first-order chi connectivity index (χ1) is 8.62. The molecule has 6 nitrogen and oxygen atoms in total. The summed E-state index contributed by atoms with van der Waals surface area (Å²) in [5.74, 6) is 1.08. The minimum absolute atomic E-state index is 0.203. The molecule has 2 N–H and O–H groups in total. The van der Waals surface area contributed by atoms with Gasteiger partial charge in [-0.25, -0.2) is 0 Å². The van der Waals surface area contributed by atoms with Gasteiger partial charge in [0.15, 0.2) is 5.82 Å². The Hall–Kier alpha value is -0.980. The minimum atomic E-state index is -0.714. The van der Waals surface area contributed by atoms with Gasteiger partial charge < -0.3 is 19.7 Å². The van der Waals surface area contributed by atoms with Gasteiger partial charge in [0.25, 0.3) is 0 Å². The molecular formula is C12H21N3O3. The van der Waals surface area contributed by atoms with E-state index in [0.29, 0.717) is 31.3 Å². The van der Waals surface area contributed by atoms with Gasteiger partial charge in [-0.1, -0.05) is 5.16 Å². The van der Waals surface area contributed by atoms with Crippen LogP contribution in [0.15, 0.2) is 4.52 Å². The zero-order valence-corrected chi connectivity index (χ0v) is 11.0. The summed E-state index contributed by atoms with van der Waals surface area (Å²) in [6, 6.07) is 0. The van der Waals surface area contributed by atoms with Crippen molar-refractivity contribution in [1.29, 1.82) is 0 Å². The molecule has 0 radical (unpaired) electrons. The quantitative estimate of drug-likeness (QED) is 0.816. The third-order valence-electron chi connectivity index (χ3n) is 3.01. The maximum absolute atomic E-state index is 6.10. The number of hydrogen-bond donors (Lipinski definition) is 1. The van der Waals surface area contributed by atoms with Crippen LogP contribution in [-0.4, -0.2) is 36.1 Å². The highest BCUT2D eigenvalue weighted by Crippen LogP contribution is 2.19. The Morgan fingerprint density at radius 1 is 1.56 bits per heavy atom. The van der Waals surface area contributed by atoms with Crippen molar-refractivity contribution in [3.8, 4) is 0 Å². The maximum Gasteiger partial charge on any atom is 0.229 e. The lowest BCUT2D eigenvalue weighted by molar-refractivity contribution is 0.0961. The van der Waals surface area contributed by atoms with E-state index in [1.165, 1.54) is 0 Å². The molecule has 0 bridgehead atoms. The molecule has 6 heteroatoms. The first-order valence-corrected chi connectivity index (χ1v) is 6.43. The van der Waals surface area contributed by atoms with Gasteiger partial charge in [0, 0.05) is 13.2 Å². The summed E-state index contributed by atoms with van der Waals surface area (Å²) >= 11 is 0. The van der Waals surface area contributed by atoms with E-state index in [-0.39, 0.29) is 6.10 Å². The molecule has 2 rings (SSSR count). The second kappa shape index (κ2) is 5.77. The maximum atomic E-state index is 6.10. The normalized spacial score (nSPS) is 23.2. The Morgan fingerprint density at radius 3 is 3.06 bits per heavy atom. The molecule has 1 aromatic heterocycles. The Bertz CT molecular complexity index is 372. The Morgan fingerprint density at radius 2 is 2.39 bits per heavy atom. The highest BCUT2D eigenvalue weighted by molar-refractivity contribution is 5.02. The van der Waals surface area contributed by atoms with Crippen LogP contribution in [0.4, 0.5) is 0 Å². The largest absolute Gasteiger partial charge is 0.379 e. The van der Waals surface area contributed by atoms with Crippen molar-refractivity contribution in [2.75, 3.05) is 19.8 Å². The molecular weight excluding hydrogens is 234 g/mol. The number of rotatable bonds is 6. The Labute approximate surface area is 107 Å². The summed E-state index contributed by atoms with van der Waals surface area (Å²) in [5, 5.41) is 3.94. The third-order valence-corrected chi connectivity index (χ3v) is 3.01. The van der Waals surface area contributed by atoms with Crippen molar-refractivity contribution < 1.29 is 14.0 Å². The molecule has 1 fully saturated rings. The number of aromatic nitrogens is 2. The Kier molecular flexibility index (Phi) is 4.31. The van der Waals surface area contributed by atoms with E-state index in [1.54, 1.807) is 0 Å². The fourth-order valence-electron chi connectivity index (χ4n) is 1.95. The summed E-state index contributed by atoms with van der Waals surface area (Å²) in [6.07, 6.45) is 3.02. The van der Waals surface area contributed by atoms with Crippen molar-refractivity contribution in [2.45, 2.75) is 44.8 Å². The van der Waals surface area contributed by atoms with Crippen LogP contribution in [-0.2, 0) is 21.4 Å². The van der Waals surface area contributed by atoms with Crippen molar-refractivity contribution in [3.05, 3.63) is 11.7 Å². The lowest BCUT2D eigenvalue weighted by atomic mass is 10.1. The van der Waals surface area contributed by atoms with E-state index < -0.39 is 5.54 Å². The smallest absolute Gasteiger partial charge is 0.229 e. The van der Waals surface area contributed by atoms with E-state index in [2.05, 4.69) is 10.1 Å². The van der Waals surface area contributed by atoms with Crippen molar-refractivity contribution >= 4 is 0 Å². The van der Waals surface area contributed by atoms with Crippen LogP contribution in [0.5, 0.6) is 0 Å². The lowest BCUT2D eigenvalue weighted by Crippen LogP contribution is -2.39. The first kappa shape index (κ1) is 13.5. The molecule has 2 atom stereocenters. The number of nitrogens with zero attached hydrogens (tertiary/aromatic N) is 2. The second-order valence-corrected chi connectivity index (χ2v) is 4.91. The summed E-state index contributed by atoms with van der Waals surface area (Å²) < 4.78 is 16.1. The molecule has 0 amide bonds. The van der Waals surface area contributed by atoms with E-state index in [9.17, 15) is 0 Å². The van der Waals surface area contributed by atoms with Gasteiger partial charge in [0.1, 0.15) is 5.54 Å². The van der Waals surface area contributed by atoms with Crippen molar-refractivity contribution in [1.82, 2.24) is 10.1 Å². The highest BCUT2D eigenvalue weighted by Gasteiger charge is 2.28. The van der Waals surface area contributed by atoms with Crippen LogP contribution in [0.1, 0.15) is 38.4 Å². The summed E-state index contributed by atoms with van der Waals surface area (Å²) in [6.45, 7) is 5.58. The number of hydrogen-bond acceptors (Lipinski definition) is 6. The zero-order valence-electron chi connectivity index (χ0n) is 11.0. The van der Waals surface area contributed by atoms with Crippen LogP contribution in [0.3, 0.4) is 0 Å². The van der Waals surface area contributed by atoms with E-state index in [0.717, 1.165) is 19.4 Å². The SMILES string of the molecule is CCOCC(C)(N)c1noc(CC2CCCO2)n1. The molecule has 1 aliphatic heterocycles.